The summed E-state index contributed by atoms with van der Waals surface area (Å²) in [5.41, 5.74) is 1.20. The average Bonchev–Trinajstić information content (AvgIpc) is 2.29. The maximum absolute atomic E-state index is 11.4. The van der Waals surface area contributed by atoms with Crippen LogP contribution >= 0.6 is 0 Å². The van der Waals surface area contributed by atoms with Crippen molar-refractivity contribution in [3.05, 3.63) is 11.6 Å². The molecule has 0 aromatic heterocycles. The Morgan fingerprint density at radius 3 is 2.30 bits per heavy atom. The summed E-state index contributed by atoms with van der Waals surface area (Å²) in [4.78, 5) is 11.4. The van der Waals surface area contributed by atoms with E-state index in [2.05, 4.69) is 19.9 Å². The molecule has 1 saturated carbocycles. The van der Waals surface area contributed by atoms with Gasteiger partial charge < -0.3 is 0 Å². The van der Waals surface area contributed by atoms with Crippen LogP contribution in [-0.2, 0) is 4.79 Å². The summed E-state index contributed by atoms with van der Waals surface area (Å²) in [6.07, 6.45) is 3.20. The molecule has 1 nitrogen and oxygen atoms in total. The number of carbonyl (C=O) groups excluding carboxylic acids is 1. The van der Waals surface area contributed by atoms with Crippen LogP contribution in [0.5, 0.6) is 0 Å². The van der Waals surface area contributed by atoms with Crippen molar-refractivity contribution in [2.45, 2.75) is 27.2 Å². The largest absolute Gasteiger partial charge is 0.294 e. The number of hydrogen-bond acceptors (Lipinski definition) is 1. The van der Waals surface area contributed by atoms with Crippen molar-refractivity contribution in [1.82, 2.24) is 0 Å². The Morgan fingerprint density at radius 1 is 1.50 bits per heavy atom. The first-order chi connectivity index (χ1) is 4.50. The average molecular weight is 136 g/mol. The minimum atomic E-state index is -0.00289. The van der Waals surface area contributed by atoms with Crippen molar-refractivity contribution in [2.75, 3.05) is 0 Å². The first kappa shape index (κ1) is 6.14. The van der Waals surface area contributed by atoms with E-state index in [1.165, 1.54) is 0 Å². The molecule has 1 fully saturated rings. The Balaban J connectivity index is 2.49. The highest BCUT2D eigenvalue weighted by Gasteiger charge is 2.67. The Bertz CT molecular complexity index is 251. The minimum Gasteiger partial charge on any atom is -0.294 e. The number of allylic oxidation sites excluding steroid dienone is 2. The lowest BCUT2D eigenvalue weighted by Crippen LogP contribution is -2.11. The molecule has 0 heterocycles. The van der Waals surface area contributed by atoms with Crippen LogP contribution in [0.2, 0.25) is 0 Å². The molecule has 0 bridgehead atoms. The van der Waals surface area contributed by atoms with Gasteiger partial charge in [0.25, 0.3) is 0 Å². The fraction of sp³-hybridized carbons (Fsp3) is 0.667. The second-order valence-corrected chi connectivity index (χ2v) is 4.08. The van der Waals surface area contributed by atoms with Gasteiger partial charge in [0.05, 0.1) is 0 Å². The minimum absolute atomic E-state index is 0.00289. The summed E-state index contributed by atoms with van der Waals surface area (Å²) in [5, 5.41) is 0. The van der Waals surface area contributed by atoms with E-state index in [1.54, 1.807) is 0 Å². The molecule has 54 valence electrons. The van der Waals surface area contributed by atoms with Gasteiger partial charge >= 0.3 is 0 Å². The Morgan fingerprint density at radius 2 is 2.10 bits per heavy atom. The maximum atomic E-state index is 11.4. The third kappa shape index (κ3) is 0.405. The summed E-state index contributed by atoms with van der Waals surface area (Å²) in [7, 11) is 0. The van der Waals surface area contributed by atoms with E-state index in [4.69, 9.17) is 0 Å². The SMILES string of the molecule is CC1=C[C@@]2(C)C[C@@]2(C)C1=O. The fourth-order valence-corrected chi connectivity index (χ4v) is 2.22. The van der Waals surface area contributed by atoms with E-state index >= 15 is 0 Å². The predicted octanol–water partition coefficient (Wildman–Crippen LogP) is 1.93. The van der Waals surface area contributed by atoms with Gasteiger partial charge in [-0.15, -0.1) is 0 Å². The number of Topliss-reactive ketones (excluding diaryl/α,β-unsaturated/α-hetero) is 1. The first-order valence-corrected chi connectivity index (χ1v) is 3.74. The zero-order valence-corrected chi connectivity index (χ0v) is 6.69. The first-order valence-electron chi connectivity index (χ1n) is 3.74. The van der Waals surface area contributed by atoms with Crippen molar-refractivity contribution < 1.29 is 4.79 Å². The number of fused-ring (bicyclic) bond motifs is 1. The van der Waals surface area contributed by atoms with Crippen LogP contribution in [0.25, 0.3) is 0 Å². The van der Waals surface area contributed by atoms with E-state index in [0.29, 0.717) is 5.78 Å². The van der Waals surface area contributed by atoms with Gasteiger partial charge in [0.1, 0.15) is 0 Å². The molecule has 2 aliphatic carbocycles. The van der Waals surface area contributed by atoms with E-state index < -0.39 is 0 Å². The Labute approximate surface area is 61.1 Å². The van der Waals surface area contributed by atoms with E-state index in [1.807, 2.05) is 6.92 Å². The van der Waals surface area contributed by atoms with Crippen molar-refractivity contribution in [3.63, 3.8) is 0 Å². The standard InChI is InChI=1S/C9H12O/c1-6-4-8(2)5-9(8,3)7(6)10/h4H,5H2,1-3H3/t8-,9-/m0/s1. The summed E-state index contributed by atoms with van der Waals surface area (Å²) in [5.74, 6) is 0.370. The van der Waals surface area contributed by atoms with Gasteiger partial charge in [-0.25, -0.2) is 0 Å². The molecule has 0 amide bonds. The molecule has 0 N–H and O–H groups in total. The van der Waals surface area contributed by atoms with Gasteiger partial charge in [-0.3, -0.25) is 4.79 Å². The highest BCUT2D eigenvalue weighted by molar-refractivity contribution is 6.05. The fourth-order valence-electron chi connectivity index (χ4n) is 2.22. The number of hydrogen-bond donors (Lipinski definition) is 0. The molecule has 0 saturated heterocycles. The molecular formula is C9H12O. The van der Waals surface area contributed by atoms with Crippen LogP contribution in [-0.4, -0.2) is 5.78 Å². The molecule has 2 rings (SSSR count). The van der Waals surface area contributed by atoms with Crippen LogP contribution in [0.3, 0.4) is 0 Å². The normalized spacial score (nSPS) is 50.7. The monoisotopic (exact) mass is 136 g/mol. The van der Waals surface area contributed by atoms with Crippen molar-refractivity contribution in [3.8, 4) is 0 Å². The van der Waals surface area contributed by atoms with Crippen LogP contribution in [0.1, 0.15) is 27.2 Å². The summed E-state index contributed by atoms with van der Waals surface area (Å²) >= 11 is 0. The molecule has 0 aromatic rings. The lowest BCUT2D eigenvalue weighted by atomic mass is 9.98. The van der Waals surface area contributed by atoms with Crippen molar-refractivity contribution in [2.24, 2.45) is 10.8 Å². The van der Waals surface area contributed by atoms with Crippen LogP contribution < -0.4 is 0 Å². The molecule has 10 heavy (non-hydrogen) atoms. The maximum Gasteiger partial charge on any atom is 0.165 e. The number of rotatable bonds is 0. The molecule has 2 atom stereocenters. The van der Waals surface area contributed by atoms with Gasteiger partial charge in [-0.1, -0.05) is 19.9 Å². The number of ketones is 1. The molecule has 0 aromatic carbocycles. The third-order valence-corrected chi connectivity index (χ3v) is 3.25. The lowest BCUT2D eigenvalue weighted by Gasteiger charge is -2.03. The van der Waals surface area contributed by atoms with Crippen LogP contribution in [0, 0.1) is 10.8 Å². The molecule has 0 radical (unpaired) electrons. The van der Waals surface area contributed by atoms with Gasteiger partial charge in [-0.05, 0) is 24.3 Å². The molecule has 0 aliphatic heterocycles. The second-order valence-electron chi connectivity index (χ2n) is 4.08. The molecule has 0 spiro atoms. The highest BCUT2D eigenvalue weighted by Crippen LogP contribution is 2.69. The van der Waals surface area contributed by atoms with Gasteiger partial charge in [0, 0.05) is 5.41 Å². The number of carbonyl (C=O) groups is 1. The second kappa shape index (κ2) is 1.23. The molecule has 1 heteroatoms. The van der Waals surface area contributed by atoms with Crippen molar-refractivity contribution >= 4 is 5.78 Å². The van der Waals surface area contributed by atoms with Gasteiger partial charge in [-0.2, -0.15) is 0 Å². The summed E-state index contributed by atoms with van der Waals surface area (Å²) in [6.45, 7) is 6.16. The van der Waals surface area contributed by atoms with E-state index in [0.717, 1.165) is 12.0 Å². The lowest BCUT2D eigenvalue weighted by molar-refractivity contribution is -0.119. The Hall–Kier alpha value is -0.590. The molecule has 2 aliphatic rings. The Kier molecular flexibility index (Phi) is 0.753. The van der Waals surface area contributed by atoms with Gasteiger partial charge in [0.15, 0.2) is 5.78 Å². The topological polar surface area (TPSA) is 17.1 Å². The zero-order valence-electron chi connectivity index (χ0n) is 6.69. The molecular weight excluding hydrogens is 124 g/mol. The van der Waals surface area contributed by atoms with Crippen LogP contribution in [0.15, 0.2) is 11.6 Å². The molecule has 0 unspecified atom stereocenters. The van der Waals surface area contributed by atoms with Crippen molar-refractivity contribution in [1.29, 1.82) is 0 Å². The third-order valence-electron chi connectivity index (χ3n) is 3.25. The smallest absolute Gasteiger partial charge is 0.165 e. The summed E-state index contributed by atoms with van der Waals surface area (Å²) < 4.78 is 0. The van der Waals surface area contributed by atoms with Gasteiger partial charge in [0.2, 0.25) is 0 Å². The predicted molar refractivity (Wildman–Crippen MR) is 39.6 cm³/mol. The summed E-state index contributed by atoms with van der Waals surface area (Å²) in [6, 6.07) is 0. The quantitative estimate of drug-likeness (QED) is 0.497. The zero-order chi connectivity index (χ0) is 7.57. The highest BCUT2D eigenvalue weighted by atomic mass is 16.1. The van der Waals surface area contributed by atoms with E-state index in [9.17, 15) is 4.79 Å². The van der Waals surface area contributed by atoms with Crippen LogP contribution in [0.4, 0.5) is 0 Å². The van der Waals surface area contributed by atoms with E-state index in [-0.39, 0.29) is 10.8 Å².